The number of rotatable bonds is 7. The van der Waals surface area contributed by atoms with Gasteiger partial charge in [0.15, 0.2) is 5.82 Å². The molecule has 0 saturated carbocycles. The summed E-state index contributed by atoms with van der Waals surface area (Å²) in [6, 6.07) is 15.7. The normalized spacial score (nSPS) is 10.7. The molecule has 0 aliphatic carbocycles. The largest absolute Gasteiger partial charge is 0.488 e. The maximum Gasteiger partial charge on any atom is 0.214 e. The highest BCUT2D eigenvalue weighted by Crippen LogP contribution is 2.24. The first kappa shape index (κ1) is 20.1. The summed E-state index contributed by atoms with van der Waals surface area (Å²) in [5.41, 5.74) is 5.31. The predicted molar refractivity (Wildman–Crippen MR) is 116 cm³/mol. The summed E-state index contributed by atoms with van der Waals surface area (Å²) in [5.74, 6) is 0.855. The van der Waals surface area contributed by atoms with Gasteiger partial charge in [-0.15, -0.1) is 0 Å². The average molecular weight is 442 g/mol. The molecule has 2 heterocycles. The van der Waals surface area contributed by atoms with Crippen molar-refractivity contribution in [3.05, 3.63) is 93.7 Å². The highest BCUT2D eigenvalue weighted by Gasteiger charge is 2.12. The molecule has 0 aliphatic rings. The molecule has 2 aromatic carbocycles. The van der Waals surface area contributed by atoms with Crippen molar-refractivity contribution in [3.63, 3.8) is 0 Å². The molecule has 0 spiro atoms. The Bertz CT molecular complexity index is 1190. The molecule has 6 nitrogen and oxygen atoms in total. The Morgan fingerprint density at radius 2 is 1.90 bits per heavy atom. The molecule has 0 radical (unpaired) electrons. The van der Waals surface area contributed by atoms with E-state index in [-0.39, 0.29) is 6.61 Å². The summed E-state index contributed by atoms with van der Waals surface area (Å²) in [6.07, 6.45) is 3.38. The molecule has 0 saturated heterocycles. The van der Waals surface area contributed by atoms with Gasteiger partial charge in [0, 0.05) is 29.1 Å². The maximum atomic E-state index is 14.0. The van der Waals surface area contributed by atoms with E-state index in [1.54, 1.807) is 29.2 Å². The number of nitrogens with one attached hydrogen (secondary N) is 2. The Morgan fingerprint density at radius 3 is 2.70 bits per heavy atom. The zero-order valence-corrected chi connectivity index (χ0v) is 17.3. The third kappa shape index (κ3) is 4.34. The molecule has 0 aliphatic heterocycles. The number of benzene rings is 2. The van der Waals surface area contributed by atoms with Crippen LogP contribution in [0.4, 0.5) is 4.39 Å². The topological polar surface area (TPSA) is 67.8 Å². The molecule has 0 bridgehead atoms. The average Bonchev–Trinajstić information content (AvgIpc) is 3.13. The van der Waals surface area contributed by atoms with E-state index in [9.17, 15) is 4.39 Å². The van der Waals surface area contributed by atoms with Crippen molar-refractivity contribution in [1.82, 2.24) is 19.9 Å². The molecule has 4 rings (SSSR count). The molecule has 152 valence electrons. The molecule has 0 atom stereocenters. The number of aromatic nitrogens is 4. The van der Waals surface area contributed by atoms with Crippen LogP contribution in [-0.2, 0) is 13.2 Å². The van der Waals surface area contributed by atoms with Crippen LogP contribution in [0.15, 0.2) is 67.0 Å². The number of nitrogens with zero attached hydrogens (tertiary/aromatic N) is 3. The van der Waals surface area contributed by atoms with E-state index in [4.69, 9.17) is 28.6 Å². The van der Waals surface area contributed by atoms with Gasteiger partial charge in [-0.1, -0.05) is 35.9 Å². The standard InChI is InChI=1S/C21H17ClFN5OS/c22-17-5-3-6-18(23)16(17)13-29-19-7-2-1-4-15(19)12-25-28-20(26-27-21(28)30)14-8-10-24-11-9-14/h1-11,25H,12-13H2,(H,27,30). The van der Waals surface area contributed by atoms with E-state index in [1.165, 1.54) is 6.07 Å². The van der Waals surface area contributed by atoms with Gasteiger partial charge in [0.1, 0.15) is 18.2 Å². The lowest BCUT2D eigenvalue weighted by Crippen LogP contribution is -2.16. The van der Waals surface area contributed by atoms with E-state index in [2.05, 4.69) is 20.6 Å². The fourth-order valence-electron chi connectivity index (χ4n) is 2.91. The summed E-state index contributed by atoms with van der Waals surface area (Å²) in [6.45, 7) is 0.434. The Hall–Kier alpha value is -3.23. The summed E-state index contributed by atoms with van der Waals surface area (Å²) >= 11 is 11.4. The second-order valence-electron chi connectivity index (χ2n) is 6.36. The third-order valence-electron chi connectivity index (χ3n) is 4.44. The smallest absolute Gasteiger partial charge is 0.214 e. The van der Waals surface area contributed by atoms with Crippen LogP contribution in [0.1, 0.15) is 11.1 Å². The van der Waals surface area contributed by atoms with Crippen LogP contribution in [0, 0.1) is 10.6 Å². The molecule has 4 aromatic rings. The van der Waals surface area contributed by atoms with Gasteiger partial charge in [-0.05, 0) is 42.5 Å². The second-order valence-corrected chi connectivity index (χ2v) is 7.15. The van der Waals surface area contributed by atoms with E-state index in [0.29, 0.717) is 33.5 Å². The number of para-hydroxylation sites is 1. The number of hydrogen-bond acceptors (Lipinski definition) is 5. The number of aromatic amines is 1. The van der Waals surface area contributed by atoms with Crippen LogP contribution in [-0.4, -0.2) is 19.9 Å². The van der Waals surface area contributed by atoms with Gasteiger partial charge in [-0.3, -0.25) is 4.98 Å². The summed E-state index contributed by atoms with van der Waals surface area (Å²) < 4.78 is 22.0. The lowest BCUT2D eigenvalue weighted by molar-refractivity contribution is 0.297. The van der Waals surface area contributed by atoms with Crippen molar-refractivity contribution in [3.8, 4) is 17.1 Å². The van der Waals surface area contributed by atoms with Crippen LogP contribution in [0.25, 0.3) is 11.4 Å². The van der Waals surface area contributed by atoms with Gasteiger partial charge in [-0.2, -0.15) is 5.10 Å². The van der Waals surface area contributed by atoms with Crippen LogP contribution in [0.5, 0.6) is 5.75 Å². The molecular weight excluding hydrogens is 425 g/mol. The van der Waals surface area contributed by atoms with E-state index < -0.39 is 5.82 Å². The Morgan fingerprint density at radius 1 is 1.10 bits per heavy atom. The van der Waals surface area contributed by atoms with E-state index in [1.807, 2.05) is 36.4 Å². The highest BCUT2D eigenvalue weighted by molar-refractivity contribution is 7.71. The van der Waals surface area contributed by atoms with Crippen molar-refractivity contribution in [1.29, 1.82) is 0 Å². The second kappa shape index (κ2) is 9.06. The van der Waals surface area contributed by atoms with E-state index in [0.717, 1.165) is 11.1 Å². The maximum absolute atomic E-state index is 14.0. The Labute approximate surface area is 182 Å². The lowest BCUT2D eigenvalue weighted by atomic mass is 10.2. The first-order valence-corrected chi connectivity index (χ1v) is 9.87. The Balaban J connectivity index is 1.52. The zero-order valence-electron chi connectivity index (χ0n) is 15.7. The van der Waals surface area contributed by atoms with Crippen molar-refractivity contribution in [2.45, 2.75) is 13.2 Å². The third-order valence-corrected chi connectivity index (χ3v) is 5.07. The van der Waals surface area contributed by atoms with E-state index >= 15 is 0 Å². The first-order valence-electron chi connectivity index (χ1n) is 9.09. The molecular formula is C21H17ClFN5OS. The van der Waals surface area contributed by atoms with Crippen LogP contribution < -0.4 is 10.2 Å². The Kier molecular flexibility index (Phi) is 6.06. The van der Waals surface area contributed by atoms with Crippen molar-refractivity contribution in [2.75, 3.05) is 5.43 Å². The van der Waals surface area contributed by atoms with Gasteiger partial charge >= 0.3 is 0 Å². The predicted octanol–water partition coefficient (Wildman–Crippen LogP) is 5.12. The number of pyridine rings is 1. The lowest BCUT2D eigenvalue weighted by Gasteiger charge is -2.15. The summed E-state index contributed by atoms with van der Waals surface area (Å²) in [5, 5.41) is 7.41. The molecule has 2 aromatic heterocycles. The monoisotopic (exact) mass is 441 g/mol. The minimum Gasteiger partial charge on any atom is -0.488 e. The number of ether oxygens (including phenoxy) is 1. The number of hydrogen-bond donors (Lipinski definition) is 2. The zero-order chi connectivity index (χ0) is 20.9. The van der Waals surface area contributed by atoms with Gasteiger partial charge in [0.05, 0.1) is 11.6 Å². The van der Waals surface area contributed by atoms with Crippen LogP contribution in [0.2, 0.25) is 5.02 Å². The van der Waals surface area contributed by atoms with Crippen LogP contribution >= 0.6 is 23.8 Å². The SMILES string of the molecule is Fc1cccc(Cl)c1COc1ccccc1CNn1c(-c2ccncc2)n[nH]c1=S. The van der Waals surface area contributed by atoms with Crippen LogP contribution in [0.3, 0.4) is 0 Å². The molecule has 9 heteroatoms. The number of H-pyrrole nitrogens is 1. The fourth-order valence-corrected chi connectivity index (χ4v) is 3.33. The minimum absolute atomic E-state index is 0.0237. The van der Waals surface area contributed by atoms with Crippen molar-refractivity contribution in [2.24, 2.45) is 0 Å². The minimum atomic E-state index is -0.398. The quantitative estimate of drug-likeness (QED) is 0.390. The van der Waals surface area contributed by atoms with Gasteiger partial charge in [-0.25, -0.2) is 14.2 Å². The highest BCUT2D eigenvalue weighted by atomic mass is 35.5. The molecule has 0 amide bonds. The summed E-state index contributed by atoms with van der Waals surface area (Å²) in [7, 11) is 0. The van der Waals surface area contributed by atoms with Gasteiger partial charge < -0.3 is 10.2 Å². The fraction of sp³-hybridized carbons (Fsp3) is 0.0952. The molecule has 0 fully saturated rings. The van der Waals surface area contributed by atoms with Crippen molar-refractivity contribution < 1.29 is 9.13 Å². The van der Waals surface area contributed by atoms with Gasteiger partial charge in [0.2, 0.25) is 4.77 Å². The number of halogens is 2. The van der Waals surface area contributed by atoms with Crippen molar-refractivity contribution >= 4 is 23.8 Å². The molecule has 2 N–H and O–H groups in total. The summed E-state index contributed by atoms with van der Waals surface area (Å²) in [4.78, 5) is 4.02. The molecule has 30 heavy (non-hydrogen) atoms. The molecule has 0 unspecified atom stereocenters. The van der Waals surface area contributed by atoms with Gasteiger partial charge in [0.25, 0.3) is 0 Å². The first-order chi connectivity index (χ1) is 14.6.